The Morgan fingerprint density at radius 2 is 0.773 bits per heavy atom. The van der Waals surface area contributed by atoms with Crippen LogP contribution in [-0.4, -0.2) is 54.7 Å². The molecule has 0 aromatic rings. The lowest BCUT2D eigenvalue weighted by Crippen LogP contribution is -2.32. The quantitative estimate of drug-likeness (QED) is 0.292. The molecule has 0 unspecified atom stereocenters. The van der Waals surface area contributed by atoms with Gasteiger partial charge in [0.2, 0.25) is 0 Å². The molecule has 0 aromatic heterocycles. The Morgan fingerprint density at radius 1 is 0.500 bits per heavy atom. The first kappa shape index (κ1) is 22.4. The molecule has 0 aromatic carbocycles. The molecule has 0 aliphatic carbocycles. The summed E-state index contributed by atoms with van der Waals surface area (Å²) in [6, 6.07) is 3.16. The molecule has 22 heavy (non-hydrogen) atoms. The second-order valence-corrected chi connectivity index (χ2v) is 10.9. The minimum absolute atomic E-state index is 0.0448. The zero-order valence-electron chi connectivity index (χ0n) is 16.2. The van der Waals surface area contributed by atoms with Crippen molar-refractivity contribution >= 4 is 19.4 Å². The molecule has 0 atom stereocenters. The van der Waals surface area contributed by atoms with E-state index in [0.29, 0.717) is 0 Å². The third-order valence-corrected chi connectivity index (χ3v) is 9.67. The zero-order valence-corrected chi connectivity index (χ0v) is 19.0. The Kier molecular flexibility index (Phi) is 18.0. The standard InChI is InChI=1S/C18H44N2Si2/c1-5-9-13-19(14-10-6-2)21-17-18-22-20(15-11-7-3)16-12-8-4/h5-18,21-22H2,1-4H3. The van der Waals surface area contributed by atoms with Gasteiger partial charge in [0, 0.05) is 0 Å². The maximum Gasteiger partial charge on any atom is 0.0947 e. The van der Waals surface area contributed by atoms with E-state index in [1.165, 1.54) is 77.5 Å². The number of hydrogen-bond donors (Lipinski definition) is 0. The van der Waals surface area contributed by atoms with Crippen LogP contribution in [0, 0.1) is 0 Å². The van der Waals surface area contributed by atoms with Crippen molar-refractivity contribution in [2.24, 2.45) is 0 Å². The van der Waals surface area contributed by atoms with E-state index in [1.807, 2.05) is 0 Å². The molecule has 0 rings (SSSR count). The Labute approximate surface area is 146 Å². The number of rotatable bonds is 17. The van der Waals surface area contributed by atoms with E-state index in [1.54, 1.807) is 12.1 Å². The van der Waals surface area contributed by atoms with Crippen LogP contribution in [0.2, 0.25) is 12.1 Å². The molecule has 0 bridgehead atoms. The lowest BCUT2D eigenvalue weighted by Gasteiger charge is -2.24. The Bertz CT molecular complexity index is 177. The van der Waals surface area contributed by atoms with Crippen molar-refractivity contribution in [3.8, 4) is 0 Å². The Morgan fingerprint density at radius 3 is 1.00 bits per heavy atom. The van der Waals surface area contributed by atoms with Crippen LogP contribution in [0.5, 0.6) is 0 Å². The minimum atomic E-state index is 0.0448. The molecule has 0 amide bonds. The number of unbranched alkanes of at least 4 members (excludes halogenated alkanes) is 4. The molecule has 0 saturated carbocycles. The fraction of sp³-hybridized carbons (Fsp3) is 1.00. The Hall–Kier alpha value is 0.354. The highest BCUT2D eigenvalue weighted by Crippen LogP contribution is 2.04. The van der Waals surface area contributed by atoms with Crippen LogP contribution >= 0.6 is 0 Å². The molecule has 4 heteroatoms. The maximum atomic E-state index is 2.86. The van der Waals surface area contributed by atoms with Crippen LogP contribution in [-0.2, 0) is 0 Å². The van der Waals surface area contributed by atoms with Crippen LogP contribution in [0.1, 0.15) is 79.1 Å². The first-order valence-electron chi connectivity index (χ1n) is 10.2. The summed E-state index contributed by atoms with van der Waals surface area (Å²) in [4.78, 5) is 0. The molecular formula is C18H44N2Si2. The van der Waals surface area contributed by atoms with Gasteiger partial charge in [-0.3, -0.25) is 0 Å². The summed E-state index contributed by atoms with van der Waals surface area (Å²) in [5.74, 6) is 0. The van der Waals surface area contributed by atoms with Crippen molar-refractivity contribution in [1.82, 2.24) is 9.13 Å². The number of hydrogen-bond acceptors (Lipinski definition) is 2. The fourth-order valence-electron chi connectivity index (χ4n) is 2.87. The summed E-state index contributed by atoms with van der Waals surface area (Å²) in [7, 11) is 0.0895. The van der Waals surface area contributed by atoms with Crippen LogP contribution in [0.3, 0.4) is 0 Å². The van der Waals surface area contributed by atoms with Gasteiger partial charge in [0.1, 0.15) is 0 Å². The first-order chi connectivity index (χ1) is 10.8. The second-order valence-electron chi connectivity index (χ2n) is 6.80. The highest BCUT2D eigenvalue weighted by Gasteiger charge is 2.07. The summed E-state index contributed by atoms with van der Waals surface area (Å²) in [6.45, 7) is 14.9. The minimum Gasteiger partial charge on any atom is -0.329 e. The van der Waals surface area contributed by atoms with Gasteiger partial charge in [-0.15, -0.1) is 0 Å². The lowest BCUT2D eigenvalue weighted by atomic mass is 10.3. The predicted octanol–water partition coefficient (Wildman–Crippen LogP) is 3.80. The highest BCUT2D eigenvalue weighted by molar-refractivity contribution is 6.38. The highest BCUT2D eigenvalue weighted by atomic mass is 28.2. The normalized spacial score (nSPS) is 12.8. The topological polar surface area (TPSA) is 6.48 Å². The fourth-order valence-corrected chi connectivity index (χ4v) is 7.34. The zero-order chi connectivity index (χ0) is 16.5. The van der Waals surface area contributed by atoms with E-state index in [-0.39, 0.29) is 19.4 Å². The average molecular weight is 345 g/mol. The molecule has 0 spiro atoms. The molecule has 0 aliphatic rings. The predicted molar refractivity (Wildman–Crippen MR) is 109 cm³/mol. The molecule has 0 fully saturated rings. The lowest BCUT2D eigenvalue weighted by molar-refractivity contribution is 0.415. The molecule has 0 heterocycles. The SMILES string of the molecule is CCCCN(CCCC)[SiH2]CC[SiH2]N(CCCC)CCCC. The van der Waals surface area contributed by atoms with Gasteiger partial charge in [-0.2, -0.15) is 0 Å². The van der Waals surface area contributed by atoms with Crippen molar-refractivity contribution < 1.29 is 0 Å². The summed E-state index contributed by atoms with van der Waals surface area (Å²) >= 11 is 0. The van der Waals surface area contributed by atoms with Gasteiger partial charge in [0.25, 0.3) is 0 Å². The van der Waals surface area contributed by atoms with Gasteiger partial charge in [0.15, 0.2) is 0 Å². The third-order valence-electron chi connectivity index (χ3n) is 4.51. The van der Waals surface area contributed by atoms with Crippen molar-refractivity contribution in [1.29, 1.82) is 0 Å². The van der Waals surface area contributed by atoms with Gasteiger partial charge in [-0.25, -0.2) is 0 Å². The Balaban J connectivity index is 3.88. The molecule has 134 valence electrons. The van der Waals surface area contributed by atoms with Gasteiger partial charge < -0.3 is 9.13 Å². The monoisotopic (exact) mass is 344 g/mol. The molecule has 0 radical (unpaired) electrons. The van der Waals surface area contributed by atoms with E-state index >= 15 is 0 Å². The maximum absolute atomic E-state index is 2.86. The van der Waals surface area contributed by atoms with Crippen LogP contribution in [0.25, 0.3) is 0 Å². The number of nitrogens with zero attached hydrogens (tertiary/aromatic N) is 2. The van der Waals surface area contributed by atoms with Gasteiger partial charge in [0.05, 0.1) is 19.4 Å². The first-order valence-corrected chi connectivity index (χ1v) is 13.5. The summed E-state index contributed by atoms with van der Waals surface area (Å²) in [5.41, 5.74) is 0. The second kappa shape index (κ2) is 17.7. The molecule has 2 nitrogen and oxygen atoms in total. The van der Waals surface area contributed by atoms with Crippen molar-refractivity contribution in [3.05, 3.63) is 0 Å². The van der Waals surface area contributed by atoms with E-state index < -0.39 is 0 Å². The summed E-state index contributed by atoms with van der Waals surface area (Å²) < 4.78 is 5.73. The van der Waals surface area contributed by atoms with Crippen LogP contribution < -0.4 is 0 Å². The van der Waals surface area contributed by atoms with Gasteiger partial charge in [-0.05, 0) is 51.9 Å². The van der Waals surface area contributed by atoms with Gasteiger partial charge >= 0.3 is 0 Å². The van der Waals surface area contributed by atoms with E-state index in [9.17, 15) is 0 Å². The summed E-state index contributed by atoms with van der Waals surface area (Å²) in [6.07, 6.45) is 11.1. The van der Waals surface area contributed by atoms with Crippen LogP contribution in [0.4, 0.5) is 0 Å². The van der Waals surface area contributed by atoms with E-state index in [0.717, 1.165) is 0 Å². The van der Waals surface area contributed by atoms with Crippen molar-refractivity contribution in [2.45, 2.75) is 91.1 Å². The molecular weight excluding hydrogens is 300 g/mol. The van der Waals surface area contributed by atoms with E-state index in [4.69, 9.17) is 0 Å². The molecule has 0 aliphatic heterocycles. The summed E-state index contributed by atoms with van der Waals surface area (Å²) in [5, 5.41) is 0. The average Bonchev–Trinajstić information content (AvgIpc) is 2.54. The largest absolute Gasteiger partial charge is 0.329 e. The van der Waals surface area contributed by atoms with Crippen molar-refractivity contribution in [2.75, 3.05) is 26.2 Å². The molecule has 0 N–H and O–H groups in total. The van der Waals surface area contributed by atoms with E-state index in [2.05, 4.69) is 36.8 Å². The van der Waals surface area contributed by atoms with Crippen molar-refractivity contribution in [3.63, 3.8) is 0 Å². The molecule has 0 saturated heterocycles. The van der Waals surface area contributed by atoms with Gasteiger partial charge in [-0.1, -0.05) is 65.5 Å². The van der Waals surface area contributed by atoms with Crippen LogP contribution in [0.15, 0.2) is 0 Å². The third kappa shape index (κ3) is 14.0. The smallest absolute Gasteiger partial charge is 0.0947 e.